The molecule has 2 aromatic heterocycles. The van der Waals surface area contributed by atoms with Crippen LogP contribution in [0.1, 0.15) is 37.7 Å². The predicted molar refractivity (Wildman–Crippen MR) is 110 cm³/mol. The SMILES string of the molecule is Cl.Cl.NC1C2CCCC1CC(C(=O)Nc1cnn(Cc3ccncc3)c1)C2. The summed E-state index contributed by atoms with van der Waals surface area (Å²) in [7, 11) is 0. The third-order valence-electron chi connectivity index (χ3n) is 5.78. The summed E-state index contributed by atoms with van der Waals surface area (Å²) < 4.78 is 1.83. The van der Waals surface area contributed by atoms with Gasteiger partial charge in [-0.1, -0.05) is 6.42 Å². The number of nitrogens with two attached hydrogens (primary N) is 1. The van der Waals surface area contributed by atoms with Crippen molar-refractivity contribution in [1.29, 1.82) is 0 Å². The average Bonchev–Trinajstić information content (AvgIpc) is 3.02. The lowest BCUT2D eigenvalue weighted by atomic mass is 9.65. The molecular formula is C19H27Cl2N5O. The normalized spacial score (nSPS) is 26.4. The van der Waals surface area contributed by atoms with Gasteiger partial charge in [-0.3, -0.25) is 14.5 Å². The molecule has 2 aliphatic rings. The van der Waals surface area contributed by atoms with Gasteiger partial charge < -0.3 is 11.1 Å². The molecule has 2 saturated carbocycles. The molecule has 6 nitrogen and oxygen atoms in total. The number of aromatic nitrogens is 3. The number of hydrogen-bond donors (Lipinski definition) is 2. The molecule has 2 bridgehead atoms. The monoisotopic (exact) mass is 411 g/mol. The summed E-state index contributed by atoms with van der Waals surface area (Å²) in [6.07, 6.45) is 12.6. The molecule has 0 aromatic carbocycles. The van der Waals surface area contributed by atoms with Crippen molar-refractivity contribution in [3.63, 3.8) is 0 Å². The number of halogens is 2. The van der Waals surface area contributed by atoms with E-state index in [1.807, 2.05) is 23.0 Å². The maximum absolute atomic E-state index is 12.7. The summed E-state index contributed by atoms with van der Waals surface area (Å²) in [6, 6.07) is 4.22. The van der Waals surface area contributed by atoms with Crippen molar-refractivity contribution >= 4 is 36.4 Å². The number of nitrogens with one attached hydrogen (secondary N) is 1. The Kier molecular flexibility index (Phi) is 7.65. The first kappa shape index (κ1) is 21.7. The molecule has 1 amide bonds. The lowest BCUT2D eigenvalue weighted by molar-refractivity contribution is -0.122. The van der Waals surface area contributed by atoms with E-state index in [2.05, 4.69) is 15.4 Å². The minimum Gasteiger partial charge on any atom is -0.327 e. The highest BCUT2D eigenvalue weighted by Gasteiger charge is 2.40. The molecule has 2 unspecified atom stereocenters. The zero-order valence-electron chi connectivity index (χ0n) is 15.2. The maximum atomic E-state index is 12.7. The molecule has 0 radical (unpaired) electrons. The van der Waals surface area contributed by atoms with Crippen molar-refractivity contribution in [3.05, 3.63) is 42.5 Å². The third kappa shape index (κ3) is 5.00. The fourth-order valence-electron chi connectivity index (χ4n) is 4.44. The summed E-state index contributed by atoms with van der Waals surface area (Å²) in [5, 5.41) is 7.39. The molecular weight excluding hydrogens is 385 g/mol. The molecule has 0 aliphatic heterocycles. The van der Waals surface area contributed by atoms with Crippen molar-refractivity contribution in [2.24, 2.45) is 23.5 Å². The van der Waals surface area contributed by atoms with Gasteiger partial charge in [0.25, 0.3) is 0 Å². The second-order valence-corrected chi connectivity index (χ2v) is 7.47. The fourth-order valence-corrected chi connectivity index (χ4v) is 4.44. The van der Waals surface area contributed by atoms with Gasteiger partial charge in [0.2, 0.25) is 5.91 Å². The van der Waals surface area contributed by atoms with Gasteiger partial charge in [-0.15, -0.1) is 24.8 Å². The zero-order valence-corrected chi connectivity index (χ0v) is 16.8. The Balaban J connectivity index is 0.00000131. The number of nitrogens with zero attached hydrogens (tertiary/aromatic N) is 3. The number of fused-ring (bicyclic) bond motifs is 2. The van der Waals surface area contributed by atoms with Crippen LogP contribution in [0.2, 0.25) is 0 Å². The summed E-state index contributed by atoms with van der Waals surface area (Å²) in [5.41, 5.74) is 8.22. The fraction of sp³-hybridized carbons (Fsp3) is 0.526. The second-order valence-electron chi connectivity index (χ2n) is 7.47. The molecule has 148 valence electrons. The van der Waals surface area contributed by atoms with Crippen molar-refractivity contribution in [1.82, 2.24) is 14.8 Å². The third-order valence-corrected chi connectivity index (χ3v) is 5.78. The molecule has 2 heterocycles. The van der Waals surface area contributed by atoms with Gasteiger partial charge in [0.1, 0.15) is 0 Å². The van der Waals surface area contributed by atoms with Crippen LogP contribution in [0.15, 0.2) is 36.9 Å². The molecule has 2 aliphatic carbocycles. The van der Waals surface area contributed by atoms with E-state index < -0.39 is 0 Å². The minimum absolute atomic E-state index is 0. The quantitative estimate of drug-likeness (QED) is 0.807. The van der Waals surface area contributed by atoms with Crippen LogP contribution >= 0.6 is 24.8 Å². The van der Waals surface area contributed by atoms with Crippen LogP contribution < -0.4 is 11.1 Å². The van der Waals surface area contributed by atoms with Gasteiger partial charge >= 0.3 is 0 Å². The molecule has 2 fully saturated rings. The van der Waals surface area contributed by atoms with Gasteiger partial charge in [-0.25, -0.2) is 0 Å². The Morgan fingerprint density at radius 3 is 2.52 bits per heavy atom. The first-order chi connectivity index (χ1) is 12.2. The topological polar surface area (TPSA) is 85.8 Å². The molecule has 4 rings (SSSR count). The van der Waals surface area contributed by atoms with Crippen LogP contribution in [0.4, 0.5) is 5.69 Å². The highest BCUT2D eigenvalue weighted by atomic mass is 35.5. The zero-order chi connectivity index (χ0) is 17.2. The van der Waals surface area contributed by atoms with E-state index in [9.17, 15) is 4.79 Å². The van der Waals surface area contributed by atoms with E-state index in [1.54, 1.807) is 18.6 Å². The van der Waals surface area contributed by atoms with Crippen LogP contribution in [0, 0.1) is 17.8 Å². The number of anilines is 1. The summed E-state index contributed by atoms with van der Waals surface area (Å²) in [4.78, 5) is 16.7. The standard InChI is InChI=1S/C19H25N5O.2ClH/c20-18-14-2-1-3-15(18)9-16(8-14)19(25)23-17-10-22-24(12-17)11-13-4-6-21-7-5-13;;/h4-7,10,12,14-16,18H,1-3,8-9,11,20H2,(H,23,25);2*1H. The molecule has 2 atom stereocenters. The molecule has 8 heteroatoms. The Labute approximate surface area is 172 Å². The first-order valence-electron chi connectivity index (χ1n) is 9.17. The Morgan fingerprint density at radius 2 is 1.85 bits per heavy atom. The second kappa shape index (κ2) is 9.53. The Hall–Kier alpha value is -1.63. The minimum atomic E-state index is 0. The molecule has 0 saturated heterocycles. The van der Waals surface area contributed by atoms with E-state index in [0.29, 0.717) is 24.4 Å². The van der Waals surface area contributed by atoms with Crippen LogP contribution in [0.5, 0.6) is 0 Å². The van der Waals surface area contributed by atoms with Crippen molar-refractivity contribution in [3.8, 4) is 0 Å². The number of rotatable bonds is 4. The number of pyridine rings is 1. The summed E-state index contributed by atoms with van der Waals surface area (Å²) in [6.45, 7) is 0.667. The molecule has 3 N–H and O–H groups in total. The average molecular weight is 412 g/mol. The van der Waals surface area contributed by atoms with Gasteiger partial charge in [0.05, 0.1) is 18.4 Å². The van der Waals surface area contributed by atoms with Crippen molar-refractivity contribution in [2.45, 2.75) is 44.7 Å². The summed E-state index contributed by atoms with van der Waals surface area (Å²) in [5.74, 6) is 1.22. The Bertz CT molecular complexity index is 725. The van der Waals surface area contributed by atoms with Crippen LogP contribution in [0.25, 0.3) is 0 Å². The van der Waals surface area contributed by atoms with E-state index >= 15 is 0 Å². The highest BCUT2D eigenvalue weighted by molar-refractivity contribution is 5.92. The van der Waals surface area contributed by atoms with Crippen molar-refractivity contribution < 1.29 is 4.79 Å². The summed E-state index contributed by atoms with van der Waals surface area (Å²) >= 11 is 0. The smallest absolute Gasteiger partial charge is 0.227 e. The predicted octanol–water partition coefficient (Wildman–Crippen LogP) is 3.26. The van der Waals surface area contributed by atoms with E-state index in [0.717, 1.165) is 24.1 Å². The largest absolute Gasteiger partial charge is 0.327 e. The number of carbonyl (C=O) groups is 1. The number of amides is 1. The molecule has 2 aromatic rings. The Morgan fingerprint density at radius 1 is 1.19 bits per heavy atom. The van der Waals surface area contributed by atoms with E-state index in [-0.39, 0.29) is 36.6 Å². The highest BCUT2D eigenvalue weighted by Crippen LogP contribution is 2.42. The van der Waals surface area contributed by atoms with Crippen LogP contribution in [-0.4, -0.2) is 26.7 Å². The van der Waals surface area contributed by atoms with Gasteiger partial charge in [0.15, 0.2) is 0 Å². The molecule has 0 spiro atoms. The van der Waals surface area contributed by atoms with Gasteiger partial charge in [-0.05, 0) is 55.2 Å². The van der Waals surface area contributed by atoms with Gasteiger partial charge in [0, 0.05) is 30.6 Å². The number of hydrogen-bond acceptors (Lipinski definition) is 4. The lowest BCUT2D eigenvalue weighted by Crippen LogP contribution is -2.48. The first-order valence-corrected chi connectivity index (χ1v) is 9.17. The van der Waals surface area contributed by atoms with Crippen LogP contribution in [-0.2, 0) is 11.3 Å². The molecule has 27 heavy (non-hydrogen) atoms. The lowest BCUT2D eigenvalue weighted by Gasteiger charge is -2.43. The van der Waals surface area contributed by atoms with Gasteiger partial charge in [-0.2, -0.15) is 5.10 Å². The van der Waals surface area contributed by atoms with E-state index in [4.69, 9.17) is 5.73 Å². The van der Waals surface area contributed by atoms with E-state index in [1.165, 1.54) is 19.3 Å². The van der Waals surface area contributed by atoms with Crippen LogP contribution in [0.3, 0.4) is 0 Å². The maximum Gasteiger partial charge on any atom is 0.227 e. The van der Waals surface area contributed by atoms with Crippen molar-refractivity contribution in [2.75, 3.05) is 5.32 Å². The number of carbonyl (C=O) groups excluding carboxylic acids is 1.